The molecule has 1 fully saturated rings. The smallest absolute Gasteiger partial charge is 0.250 e. The number of nitrogens with zero attached hydrogens (tertiary/aromatic N) is 3. The van der Waals surface area contributed by atoms with Crippen LogP contribution in [0.1, 0.15) is 18.5 Å². The van der Waals surface area contributed by atoms with E-state index in [4.69, 9.17) is 4.74 Å². The van der Waals surface area contributed by atoms with Gasteiger partial charge >= 0.3 is 0 Å². The zero-order valence-corrected chi connectivity index (χ0v) is 14.6. The summed E-state index contributed by atoms with van der Waals surface area (Å²) >= 11 is 0. The summed E-state index contributed by atoms with van der Waals surface area (Å²) in [5.41, 5.74) is 2.56. The van der Waals surface area contributed by atoms with Crippen molar-refractivity contribution in [3.8, 4) is 0 Å². The van der Waals surface area contributed by atoms with Crippen molar-refractivity contribution < 1.29 is 9.53 Å². The molecule has 2 aromatic rings. The van der Waals surface area contributed by atoms with Gasteiger partial charge in [-0.05, 0) is 44.0 Å². The number of aryl methyl sites for hydroxylation is 1. The molecule has 1 amide bonds. The summed E-state index contributed by atoms with van der Waals surface area (Å²) in [6.45, 7) is 4.04. The number of aromatic nitrogens is 2. The van der Waals surface area contributed by atoms with Gasteiger partial charge in [-0.15, -0.1) is 0 Å². The zero-order chi connectivity index (χ0) is 17.6. The van der Waals surface area contributed by atoms with Crippen LogP contribution in [0.3, 0.4) is 0 Å². The maximum Gasteiger partial charge on any atom is 0.250 e. The number of carbonyl (C=O) groups is 1. The van der Waals surface area contributed by atoms with Crippen molar-refractivity contribution in [2.45, 2.75) is 19.8 Å². The van der Waals surface area contributed by atoms with Crippen LogP contribution in [0.5, 0.6) is 0 Å². The molecule has 0 bridgehead atoms. The number of anilines is 4. The van der Waals surface area contributed by atoms with E-state index in [9.17, 15) is 4.79 Å². The van der Waals surface area contributed by atoms with Crippen molar-refractivity contribution in [3.63, 3.8) is 0 Å². The van der Waals surface area contributed by atoms with Crippen LogP contribution in [-0.2, 0) is 9.53 Å². The quantitative estimate of drug-likeness (QED) is 0.841. The number of amides is 1. The molecule has 0 saturated carbocycles. The average molecular weight is 341 g/mol. The average Bonchev–Trinajstić information content (AvgIpc) is 3.11. The van der Waals surface area contributed by atoms with E-state index in [0.29, 0.717) is 0 Å². The molecule has 0 aliphatic carbocycles. The number of benzene rings is 1. The molecule has 0 atom stereocenters. The van der Waals surface area contributed by atoms with E-state index in [-0.39, 0.29) is 12.5 Å². The highest BCUT2D eigenvalue weighted by molar-refractivity contribution is 5.91. The summed E-state index contributed by atoms with van der Waals surface area (Å²) in [5.74, 6) is 1.37. The van der Waals surface area contributed by atoms with Crippen LogP contribution < -0.4 is 15.5 Å². The molecule has 1 aliphatic heterocycles. The number of carbonyl (C=O) groups excluding carboxylic acids is 1. The standard InChI is InChI=1S/C18H23N5O2/c1-13-11-16(22-18(19-13)23-9-3-4-10-23)20-14-5-7-15(8-6-14)21-17(24)12-25-2/h5-8,11H,3-4,9-10,12H2,1-2H3,(H,21,24)(H,19,20,22). The Morgan fingerprint density at radius 1 is 1.16 bits per heavy atom. The van der Waals surface area contributed by atoms with Crippen LogP contribution in [0.2, 0.25) is 0 Å². The summed E-state index contributed by atoms with van der Waals surface area (Å²) in [7, 11) is 1.49. The molecule has 0 unspecified atom stereocenters. The highest BCUT2D eigenvalue weighted by Crippen LogP contribution is 2.22. The number of methoxy groups -OCH3 is 1. The first-order chi connectivity index (χ1) is 12.1. The minimum atomic E-state index is -0.176. The molecular formula is C18H23N5O2. The highest BCUT2D eigenvalue weighted by Gasteiger charge is 2.16. The van der Waals surface area contributed by atoms with E-state index in [1.807, 2.05) is 37.3 Å². The van der Waals surface area contributed by atoms with Gasteiger partial charge in [-0.2, -0.15) is 4.98 Å². The van der Waals surface area contributed by atoms with Gasteiger partial charge in [0.05, 0.1) is 0 Å². The van der Waals surface area contributed by atoms with Crippen LogP contribution in [0.4, 0.5) is 23.1 Å². The Morgan fingerprint density at radius 2 is 1.84 bits per heavy atom. The normalized spacial score (nSPS) is 13.8. The van der Waals surface area contributed by atoms with Gasteiger partial charge < -0.3 is 20.3 Å². The van der Waals surface area contributed by atoms with Crippen molar-refractivity contribution in [1.29, 1.82) is 0 Å². The second kappa shape index (κ2) is 7.94. The Morgan fingerprint density at radius 3 is 2.52 bits per heavy atom. The minimum absolute atomic E-state index is 0.0412. The molecule has 7 nitrogen and oxygen atoms in total. The second-order valence-corrected chi connectivity index (χ2v) is 6.07. The first kappa shape index (κ1) is 17.2. The molecule has 3 rings (SSSR count). The highest BCUT2D eigenvalue weighted by atomic mass is 16.5. The Kier molecular flexibility index (Phi) is 5.45. The van der Waals surface area contributed by atoms with E-state index in [2.05, 4.69) is 25.5 Å². The largest absolute Gasteiger partial charge is 0.375 e. The van der Waals surface area contributed by atoms with E-state index in [0.717, 1.165) is 41.9 Å². The summed E-state index contributed by atoms with van der Waals surface area (Å²) in [6, 6.07) is 9.40. The molecule has 0 spiro atoms. The van der Waals surface area contributed by atoms with Gasteiger partial charge in [0.15, 0.2) is 0 Å². The van der Waals surface area contributed by atoms with Gasteiger partial charge in [0.25, 0.3) is 0 Å². The van der Waals surface area contributed by atoms with Crippen LogP contribution in [0, 0.1) is 6.92 Å². The first-order valence-electron chi connectivity index (χ1n) is 8.40. The Hall–Kier alpha value is -2.67. The lowest BCUT2D eigenvalue weighted by Gasteiger charge is -2.17. The third-order valence-electron chi connectivity index (χ3n) is 3.95. The molecular weight excluding hydrogens is 318 g/mol. The van der Waals surface area contributed by atoms with Crippen LogP contribution in [0.15, 0.2) is 30.3 Å². The Balaban J connectivity index is 1.68. The maximum atomic E-state index is 11.5. The van der Waals surface area contributed by atoms with Gasteiger partial charge in [0.1, 0.15) is 12.4 Å². The summed E-state index contributed by atoms with van der Waals surface area (Å²) in [4.78, 5) is 22.9. The third kappa shape index (κ3) is 4.67. The number of nitrogens with one attached hydrogen (secondary N) is 2. The Labute approximate surface area is 147 Å². The molecule has 2 heterocycles. The lowest BCUT2D eigenvalue weighted by atomic mass is 10.2. The molecule has 2 N–H and O–H groups in total. The minimum Gasteiger partial charge on any atom is -0.375 e. The van der Waals surface area contributed by atoms with Crippen LogP contribution in [-0.4, -0.2) is 42.7 Å². The van der Waals surface area contributed by atoms with E-state index in [1.54, 1.807) is 0 Å². The summed E-state index contributed by atoms with van der Waals surface area (Å²) in [6.07, 6.45) is 2.38. The maximum absolute atomic E-state index is 11.5. The summed E-state index contributed by atoms with van der Waals surface area (Å²) < 4.78 is 4.80. The first-order valence-corrected chi connectivity index (χ1v) is 8.40. The van der Waals surface area contributed by atoms with Gasteiger partial charge in [0.2, 0.25) is 11.9 Å². The van der Waals surface area contributed by atoms with Crippen molar-refractivity contribution in [2.75, 3.05) is 42.3 Å². The molecule has 1 aromatic heterocycles. The van der Waals surface area contributed by atoms with Crippen LogP contribution >= 0.6 is 0 Å². The SMILES string of the molecule is COCC(=O)Nc1ccc(Nc2cc(C)nc(N3CCCC3)n2)cc1. The van der Waals surface area contributed by atoms with Gasteiger partial charge in [-0.1, -0.05) is 0 Å². The molecule has 1 aliphatic rings. The predicted octanol–water partition coefficient (Wildman–Crippen LogP) is 2.71. The van der Waals surface area contributed by atoms with E-state index < -0.39 is 0 Å². The number of hydrogen-bond acceptors (Lipinski definition) is 6. The van der Waals surface area contributed by atoms with Gasteiger partial charge in [-0.3, -0.25) is 4.79 Å². The molecule has 7 heteroatoms. The Bertz CT molecular complexity index is 727. The monoisotopic (exact) mass is 341 g/mol. The van der Waals surface area contributed by atoms with Crippen molar-refractivity contribution in [2.24, 2.45) is 0 Å². The zero-order valence-electron chi connectivity index (χ0n) is 14.6. The molecule has 132 valence electrons. The van der Waals surface area contributed by atoms with Gasteiger partial charge in [-0.25, -0.2) is 4.98 Å². The molecule has 25 heavy (non-hydrogen) atoms. The van der Waals surface area contributed by atoms with Crippen LogP contribution in [0.25, 0.3) is 0 Å². The fourth-order valence-corrected chi connectivity index (χ4v) is 2.79. The third-order valence-corrected chi connectivity index (χ3v) is 3.95. The molecule has 1 saturated heterocycles. The summed E-state index contributed by atoms with van der Waals surface area (Å²) in [5, 5.41) is 6.06. The van der Waals surface area contributed by atoms with E-state index in [1.165, 1.54) is 20.0 Å². The van der Waals surface area contributed by atoms with E-state index >= 15 is 0 Å². The number of ether oxygens (including phenoxy) is 1. The van der Waals surface area contributed by atoms with Crippen molar-refractivity contribution in [3.05, 3.63) is 36.0 Å². The lowest BCUT2D eigenvalue weighted by molar-refractivity contribution is -0.119. The van der Waals surface area contributed by atoms with Crippen molar-refractivity contribution >= 4 is 29.0 Å². The topological polar surface area (TPSA) is 79.4 Å². The lowest BCUT2D eigenvalue weighted by Crippen LogP contribution is -2.21. The fourth-order valence-electron chi connectivity index (χ4n) is 2.79. The fraction of sp³-hybridized carbons (Fsp3) is 0.389. The van der Waals surface area contributed by atoms with Crippen molar-refractivity contribution in [1.82, 2.24) is 9.97 Å². The number of rotatable bonds is 6. The van der Waals surface area contributed by atoms with Gasteiger partial charge in [0, 0.05) is 43.3 Å². The molecule has 1 aromatic carbocycles. The number of hydrogen-bond donors (Lipinski definition) is 2. The molecule has 0 radical (unpaired) electrons. The predicted molar refractivity (Wildman–Crippen MR) is 98.4 cm³/mol. The second-order valence-electron chi connectivity index (χ2n) is 6.07.